The first kappa shape index (κ1) is 14.3. The van der Waals surface area contributed by atoms with E-state index in [-0.39, 0.29) is 16.8 Å². The average molecular weight is 302 g/mol. The Kier molecular flexibility index (Phi) is 3.87. The van der Waals surface area contributed by atoms with Gasteiger partial charge >= 0.3 is 0 Å². The summed E-state index contributed by atoms with van der Waals surface area (Å²) in [6.07, 6.45) is 3.09. The van der Waals surface area contributed by atoms with Crippen LogP contribution < -0.4 is 5.32 Å². The predicted molar refractivity (Wildman–Crippen MR) is 74.1 cm³/mol. The number of rotatable bonds is 3. The predicted octanol–water partition coefficient (Wildman–Crippen LogP) is 2.51. The van der Waals surface area contributed by atoms with Crippen LogP contribution >= 0.6 is 10.7 Å². The molecular weight excluding hydrogens is 286 g/mol. The zero-order valence-electron chi connectivity index (χ0n) is 10.9. The van der Waals surface area contributed by atoms with E-state index in [1.54, 1.807) is 19.9 Å². The van der Waals surface area contributed by atoms with E-state index >= 15 is 0 Å². The lowest BCUT2D eigenvalue weighted by Crippen LogP contribution is -2.39. The summed E-state index contributed by atoms with van der Waals surface area (Å²) < 4.78 is 23.0. The largest absolute Gasteiger partial charge is 0.349 e. The highest BCUT2D eigenvalue weighted by Crippen LogP contribution is 2.25. The number of aryl methyl sites for hydroxylation is 1. The highest BCUT2D eigenvalue weighted by atomic mass is 35.7. The molecule has 0 heterocycles. The van der Waals surface area contributed by atoms with E-state index in [1.807, 2.05) is 0 Å². The van der Waals surface area contributed by atoms with Crippen molar-refractivity contribution in [3.8, 4) is 0 Å². The van der Waals surface area contributed by atoms with Crippen molar-refractivity contribution < 1.29 is 13.2 Å². The van der Waals surface area contributed by atoms with Crippen molar-refractivity contribution in [2.75, 3.05) is 0 Å². The van der Waals surface area contributed by atoms with Crippen LogP contribution in [0.3, 0.4) is 0 Å². The Morgan fingerprint density at radius 3 is 2.42 bits per heavy atom. The first-order chi connectivity index (χ1) is 8.79. The lowest BCUT2D eigenvalue weighted by Gasteiger charge is -2.26. The molecule has 0 unspecified atom stereocenters. The Hall–Kier alpha value is -1.07. The Morgan fingerprint density at radius 1 is 1.32 bits per heavy atom. The Balaban J connectivity index is 2.36. The second kappa shape index (κ2) is 5.13. The van der Waals surface area contributed by atoms with Crippen LogP contribution in [-0.2, 0) is 9.05 Å². The minimum absolute atomic E-state index is 0.00734. The van der Waals surface area contributed by atoms with E-state index in [9.17, 15) is 13.2 Å². The van der Waals surface area contributed by atoms with Crippen molar-refractivity contribution >= 4 is 25.6 Å². The third-order valence-electron chi connectivity index (χ3n) is 3.58. The van der Waals surface area contributed by atoms with Crippen LogP contribution in [0.4, 0.5) is 0 Å². The first-order valence-electron chi connectivity index (χ1n) is 6.16. The number of nitrogens with one attached hydrogen (secondary N) is 1. The van der Waals surface area contributed by atoms with Crippen LogP contribution in [0, 0.1) is 13.8 Å². The molecule has 0 saturated heterocycles. The van der Waals surface area contributed by atoms with Crippen molar-refractivity contribution in [3.63, 3.8) is 0 Å². The van der Waals surface area contributed by atoms with E-state index in [2.05, 4.69) is 5.32 Å². The Morgan fingerprint density at radius 2 is 1.95 bits per heavy atom. The fraction of sp³-hybridized carbons (Fsp3) is 0.462. The third-order valence-corrected chi connectivity index (χ3v) is 5.03. The molecule has 1 amide bonds. The van der Waals surface area contributed by atoms with Gasteiger partial charge < -0.3 is 5.32 Å². The molecule has 0 radical (unpaired) electrons. The van der Waals surface area contributed by atoms with Gasteiger partial charge in [-0.1, -0.05) is 0 Å². The van der Waals surface area contributed by atoms with Crippen LogP contribution in [0.1, 0.15) is 40.7 Å². The number of hydrogen-bond acceptors (Lipinski definition) is 3. The fourth-order valence-corrected chi connectivity index (χ4v) is 3.31. The summed E-state index contributed by atoms with van der Waals surface area (Å²) in [6.45, 7) is 3.44. The molecule has 104 valence electrons. The molecule has 1 aliphatic carbocycles. The number of hydrogen-bond donors (Lipinski definition) is 1. The maximum absolute atomic E-state index is 12.0. The summed E-state index contributed by atoms with van der Waals surface area (Å²) in [6, 6.07) is 3.25. The minimum atomic E-state index is -3.84. The Labute approximate surface area is 117 Å². The van der Waals surface area contributed by atoms with Gasteiger partial charge in [0.2, 0.25) is 0 Å². The fourth-order valence-electron chi connectivity index (χ4n) is 2.03. The molecule has 0 spiro atoms. The molecule has 1 aromatic carbocycles. The van der Waals surface area contributed by atoms with E-state index in [4.69, 9.17) is 10.7 Å². The molecule has 1 fully saturated rings. The van der Waals surface area contributed by atoms with Gasteiger partial charge in [-0.3, -0.25) is 4.79 Å². The third kappa shape index (κ3) is 3.09. The van der Waals surface area contributed by atoms with Gasteiger partial charge in [-0.05, 0) is 56.4 Å². The van der Waals surface area contributed by atoms with Crippen molar-refractivity contribution in [2.45, 2.75) is 44.0 Å². The molecule has 1 N–H and O–H groups in total. The zero-order valence-corrected chi connectivity index (χ0v) is 12.4. The zero-order chi connectivity index (χ0) is 14.2. The van der Waals surface area contributed by atoms with Crippen molar-refractivity contribution in [3.05, 3.63) is 28.8 Å². The van der Waals surface area contributed by atoms with Crippen LogP contribution in [0.25, 0.3) is 0 Å². The van der Waals surface area contributed by atoms with E-state index in [1.165, 1.54) is 6.07 Å². The van der Waals surface area contributed by atoms with Gasteiger partial charge in [0.05, 0.1) is 4.90 Å². The molecule has 1 aliphatic rings. The molecule has 19 heavy (non-hydrogen) atoms. The maximum atomic E-state index is 12.0. The summed E-state index contributed by atoms with van der Waals surface area (Å²) in [5, 5.41) is 2.88. The molecule has 0 aromatic heterocycles. The SMILES string of the molecule is Cc1cc(C(=O)NC2CCC2)cc(S(=O)(=O)Cl)c1C. The standard InChI is InChI=1S/C13H16ClNO3S/c1-8-6-10(13(16)15-11-4-3-5-11)7-12(9(8)2)19(14,17)18/h6-7,11H,3-5H2,1-2H3,(H,15,16). The highest BCUT2D eigenvalue weighted by Gasteiger charge is 2.22. The lowest BCUT2D eigenvalue weighted by molar-refractivity contribution is 0.0916. The van der Waals surface area contributed by atoms with Crippen molar-refractivity contribution in [2.24, 2.45) is 0 Å². The maximum Gasteiger partial charge on any atom is 0.261 e. The van der Waals surface area contributed by atoms with Gasteiger partial charge in [0.15, 0.2) is 0 Å². The number of carbonyl (C=O) groups is 1. The van der Waals surface area contributed by atoms with E-state index in [0.29, 0.717) is 11.1 Å². The average Bonchev–Trinajstić information content (AvgIpc) is 2.25. The molecule has 2 rings (SSSR count). The monoisotopic (exact) mass is 301 g/mol. The molecule has 0 bridgehead atoms. The highest BCUT2D eigenvalue weighted by molar-refractivity contribution is 8.13. The van der Waals surface area contributed by atoms with Gasteiger partial charge in [-0.2, -0.15) is 0 Å². The topological polar surface area (TPSA) is 63.2 Å². The Bertz CT molecular complexity index is 621. The van der Waals surface area contributed by atoms with Crippen LogP contribution in [0.15, 0.2) is 17.0 Å². The van der Waals surface area contributed by atoms with Crippen molar-refractivity contribution in [1.29, 1.82) is 0 Å². The normalized spacial score (nSPS) is 15.9. The molecule has 1 saturated carbocycles. The second-order valence-corrected chi connectivity index (χ2v) is 7.49. The van der Waals surface area contributed by atoms with Crippen LogP contribution in [0.2, 0.25) is 0 Å². The van der Waals surface area contributed by atoms with Gasteiger partial charge in [0.1, 0.15) is 0 Å². The van der Waals surface area contributed by atoms with E-state index in [0.717, 1.165) is 24.8 Å². The number of halogens is 1. The summed E-state index contributed by atoms with van der Waals surface area (Å²) in [7, 11) is 1.56. The molecule has 4 nitrogen and oxygen atoms in total. The molecule has 0 aliphatic heterocycles. The van der Waals surface area contributed by atoms with Crippen LogP contribution in [-0.4, -0.2) is 20.4 Å². The summed E-state index contributed by atoms with van der Waals surface area (Å²) in [5.41, 5.74) is 1.66. The van der Waals surface area contributed by atoms with Crippen molar-refractivity contribution in [1.82, 2.24) is 5.32 Å². The van der Waals surface area contributed by atoms with Gasteiger partial charge in [-0.15, -0.1) is 0 Å². The van der Waals surface area contributed by atoms with E-state index < -0.39 is 9.05 Å². The molecular formula is C13H16ClNO3S. The smallest absolute Gasteiger partial charge is 0.261 e. The summed E-state index contributed by atoms with van der Waals surface area (Å²) >= 11 is 0. The molecule has 0 atom stereocenters. The van der Waals surface area contributed by atoms with Gasteiger partial charge in [0.25, 0.3) is 15.0 Å². The molecule has 6 heteroatoms. The van der Waals surface area contributed by atoms with Gasteiger partial charge in [-0.25, -0.2) is 8.42 Å². The number of amides is 1. The lowest BCUT2D eigenvalue weighted by atomic mass is 9.93. The molecule has 1 aromatic rings. The number of benzene rings is 1. The summed E-state index contributed by atoms with van der Waals surface area (Å²) in [5.74, 6) is -0.241. The van der Waals surface area contributed by atoms with Gasteiger partial charge in [0, 0.05) is 22.3 Å². The quantitative estimate of drug-likeness (QED) is 0.873. The first-order valence-corrected chi connectivity index (χ1v) is 8.47. The summed E-state index contributed by atoms with van der Waals surface area (Å²) in [4.78, 5) is 12.0. The second-order valence-electron chi connectivity index (χ2n) is 4.96. The number of carbonyl (C=O) groups excluding carboxylic acids is 1. The van der Waals surface area contributed by atoms with Crippen LogP contribution in [0.5, 0.6) is 0 Å². The minimum Gasteiger partial charge on any atom is -0.349 e.